The van der Waals surface area contributed by atoms with E-state index in [4.69, 9.17) is 11.6 Å². The standard InChI is InChI=1S/C16H20ClN3/c1-12-11-20(15-8-3-2-4-9-15)16(18-12)19-14-7-5-6-13(17)10-14/h5-7,10-11,15H,2-4,8-9H2,1H3,(H,18,19). The summed E-state index contributed by atoms with van der Waals surface area (Å²) in [5.41, 5.74) is 2.04. The van der Waals surface area contributed by atoms with E-state index in [1.165, 1.54) is 32.1 Å². The Kier molecular flexibility index (Phi) is 3.97. The van der Waals surface area contributed by atoms with Gasteiger partial charge in [-0.05, 0) is 38.0 Å². The SMILES string of the molecule is Cc1cn(C2CCCCC2)c(Nc2cccc(Cl)c2)n1. The van der Waals surface area contributed by atoms with Crippen LogP contribution in [0.15, 0.2) is 30.5 Å². The molecule has 1 aliphatic rings. The number of aromatic nitrogens is 2. The second-order valence-corrected chi connectivity index (χ2v) is 5.98. The summed E-state index contributed by atoms with van der Waals surface area (Å²) in [6, 6.07) is 8.35. The molecule has 1 saturated carbocycles. The van der Waals surface area contributed by atoms with Crippen LogP contribution >= 0.6 is 11.6 Å². The van der Waals surface area contributed by atoms with Crippen molar-refractivity contribution in [1.82, 2.24) is 9.55 Å². The van der Waals surface area contributed by atoms with Gasteiger partial charge in [0.05, 0.1) is 5.69 Å². The third-order valence-electron chi connectivity index (χ3n) is 3.90. The van der Waals surface area contributed by atoms with Gasteiger partial charge in [-0.1, -0.05) is 36.9 Å². The Balaban J connectivity index is 1.85. The molecule has 1 aromatic heterocycles. The van der Waals surface area contributed by atoms with Crippen molar-refractivity contribution in [3.05, 3.63) is 41.2 Å². The van der Waals surface area contributed by atoms with Crippen LogP contribution in [0.4, 0.5) is 11.6 Å². The van der Waals surface area contributed by atoms with Crippen molar-refractivity contribution >= 4 is 23.2 Å². The second-order valence-electron chi connectivity index (χ2n) is 5.54. The predicted octanol–water partition coefficient (Wildman–Crippen LogP) is 5.09. The molecule has 0 bridgehead atoms. The fraction of sp³-hybridized carbons (Fsp3) is 0.438. The summed E-state index contributed by atoms with van der Waals surface area (Å²) in [4.78, 5) is 4.62. The number of halogens is 1. The number of hydrogen-bond donors (Lipinski definition) is 1. The Morgan fingerprint density at radius 2 is 2.05 bits per heavy atom. The molecule has 1 fully saturated rings. The fourth-order valence-corrected chi connectivity index (χ4v) is 3.13. The fourth-order valence-electron chi connectivity index (χ4n) is 2.94. The maximum Gasteiger partial charge on any atom is 0.207 e. The molecule has 1 aliphatic carbocycles. The van der Waals surface area contributed by atoms with E-state index < -0.39 is 0 Å². The van der Waals surface area contributed by atoms with Gasteiger partial charge in [0.2, 0.25) is 5.95 Å². The maximum atomic E-state index is 6.04. The van der Waals surface area contributed by atoms with Crippen LogP contribution in [0.3, 0.4) is 0 Å². The van der Waals surface area contributed by atoms with Crippen molar-refractivity contribution in [2.24, 2.45) is 0 Å². The molecule has 0 unspecified atom stereocenters. The van der Waals surface area contributed by atoms with Gasteiger partial charge in [0.25, 0.3) is 0 Å². The summed E-state index contributed by atoms with van der Waals surface area (Å²) in [5, 5.41) is 4.14. The van der Waals surface area contributed by atoms with Crippen LogP contribution in [0, 0.1) is 6.92 Å². The molecule has 3 rings (SSSR count). The van der Waals surface area contributed by atoms with Gasteiger partial charge in [-0.25, -0.2) is 4.98 Å². The number of aryl methyl sites for hydroxylation is 1. The third kappa shape index (κ3) is 2.98. The van der Waals surface area contributed by atoms with Crippen LogP contribution in [0.1, 0.15) is 43.8 Å². The molecule has 0 aliphatic heterocycles. The molecule has 2 aromatic rings. The van der Waals surface area contributed by atoms with Crippen LogP contribution in [0.25, 0.3) is 0 Å². The molecule has 0 spiro atoms. The minimum Gasteiger partial charge on any atom is -0.326 e. The van der Waals surface area contributed by atoms with Crippen molar-refractivity contribution in [2.75, 3.05) is 5.32 Å². The van der Waals surface area contributed by atoms with Crippen LogP contribution in [-0.4, -0.2) is 9.55 Å². The average molecular weight is 290 g/mol. The van der Waals surface area contributed by atoms with Gasteiger partial charge in [-0.15, -0.1) is 0 Å². The van der Waals surface area contributed by atoms with E-state index in [1.54, 1.807) is 0 Å². The lowest BCUT2D eigenvalue weighted by Crippen LogP contribution is -2.14. The molecular formula is C16H20ClN3. The largest absolute Gasteiger partial charge is 0.326 e. The lowest BCUT2D eigenvalue weighted by atomic mass is 9.95. The molecule has 0 amide bonds. The highest BCUT2D eigenvalue weighted by molar-refractivity contribution is 6.30. The molecule has 106 valence electrons. The van der Waals surface area contributed by atoms with E-state index in [0.717, 1.165) is 22.4 Å². The predicted molar refractivity (Wildman–Crippen MR) is 83.8 cm³/mol. The molecular weight excluding hydrogens is 270 g/mol. The smallest absolute Gasteiger partial charge is 0.207 e. The van der Waals surface area contributed by atoms with Gasteiger partial charge < -0.3 is 9.88 Å². The van der Waals surface area contributed by atoms with Crippen molar-refractivity contribution in [3.63, 3.8) is 0 Å². The number of nitrogens with zero attached hydrogens (tertiary/aromatic N) is 2. The zero-order chi connectivity index (χ0) is 13.9. The van der Waals surface area contributed by atoms with Crippen LogP contribution in [0.5, 0.6) is 0 Å². The van der Waals surface area contributed by atoms with Crippen LogP contribution < -0.4 is 5.32 Å². The highest BCUT2D eigenvalue weighted by Gasteiger charge is 2.18. The Hall–Kier alpha value is -1.48. The van der Waals surface area contributed by atoms with E-state index in [0.29, 0.717) is 6.04 Å². The second kappa shape index (κ2) is 5.88. The minimum absolute atomic E-state index is 0.576. The normalized spacial score (nSPS) is 16.3. The molecule has 0 saturated heterocycles. The zero-order valence-electron chi connectivity index (χ0n) is 11.8. The van der Waals surface area contributed by atoms with E-state index in [-0.39, 0.29) is 0 Å². The first kappa shape index (κ1) is 13.5. The van der Waals surface area contributed by atoms with Crippen LogP contribution in [-0.2, 0) is 0 Å². The summed E-state index contributed by atoms with van der Waals surface area (Å²) < 4.78 is 2.30. The Bertz CT molecular complexity index is 585. The van der Waals surface area contributed by atoms with Crippen molar-refractivity contribution in [2.45, 2.75) is 45.1 Å². The van der Waals surface area contributed by atoms with Gasteiger partial charge >= 0.3 is 0 Å². The number of hydrogen-bond acceptors (Lipinski definition) is 2. The molecule has 20 heavy (non-hydrogen) atoms. The Labute approximate surface area is 125 Å². The Morgan fingerprint density at radius 1 is 1.25 bits per heavy atom. The third-order valence-corrected chi connectivity index (χ3v) is 4.14. The summed E-state index contributed by atoms with van der Waals surface area (Å²) in [5.74, 6) is 0.927. The molecule has 4 heteroatoms. The molecule has 0 radical (unpaired) electrons. The highest BCUT2D eigenvalue weighted by Crippen LogP contribution is 2.31. The van der Waals surface area contributed by atoms with Crippen LogP contribution in [0.2, 0.25) is 5.02 Å². The van der Waals surface area contributed by atoms with E-state index in [9.17, 15) is 0 Å². The lowest BCUT2D eigenvalue weighted by Gasteiger charge is -2.24. The highest BCUT2D eigenvalue weighted by atomic mass is 35.5. The molecule has 0 atom stereocenters. The van der Waals surface area contributed by atoms with Crippen molar-refractivity contribution in [3.8, 4) is 0 Å². The van der Waals surface area contributed by atoms with Crippen molar-refractivity contribution < 1.29 is 0 Å². The molecule has 1 aromatic carbocycles. The molecule has 1 N–H and O–H groups in total. The van der Waals surface area contributed by atoms with Gasteiger partial charge in [-0.3, -0.25) is 0 Å². The average Bonchev–Trinajstić information content (AvgIpc) is 2.80. The summed E-state index contributed by atoms with van der Waals surface area (Å²) >= 11 is 6.04. The maximum absolute atomic E-state index is 6.04. The van der Waals surface area contributed by atoms with Gasteiger partial charge in [-0.2, -0.15) is 0 Å². The van der Waals surface area contributed by atoms with Gasteiger partial charge in [0.15, 0.2) is 0 Å². The number of benzene rings is 1. The van der Waals surface area contributed by atoms with E-state index >= 15 is 0 Å². The van der Waals surface area contributed by atoms with Gasteiger partial charge in [0.1, 0.15) is 0 Å². The summed E-state index contributed by atoms with van der Waals surface area (Å²) in [7, 11) is 0. The molecule has 3 nitrogen and oxygen atoms in total. The van der Waals surface area contributed by atoms with E-state index in [1.807, 2.05) is 31.2 Å². The topological polar surface area (TPSA) is 29.9 Å². The first-order valence-electron chi connectivity index (χ1n) is 7.30. The lowest BCUT2D eigenvalue weighted by molar-refractivity contribution is 0.356. The first-order chi connectivity index (χ1) is 9.72. The minimum atomic E-state index is 0.576. The number of imidazole rings is 1. The number of anilines is 2. The zero-order valence-corrected chi connectivity index (χ0v) is 12.5. The number of rotatable bonds is 3. The van der Waals surface area contributed by atoms with Crippen molar-refractivity contribution in [1.29, 1.82) is 0 Å². The summed E-state index contributed by atoms with van der Waals surface area (Å²) in [6.07, 6.45) is 8.65. The van der Waals surface area contributed by atoms with E-state index in [2.05, 4.69) is 21.1 Å². The number of nitrogens with one attached hydrogen (secondary N) is 1. The summed E-state index contributed by atoms with van der Waals surface area (Å²) in [6.45, 7) is 2.04. The monoisotopic (exact) mass is 289 g/mol. The molecule has 1 heterocycles. The van der Waals surface area contributed by atoms with Gasteiger partial charge in [0, 0.05) is 22.9 Å². The Morgan fingerprint density at radius 3 is 2.80 bits per heavy atom. The first-order valence-corrected chi connectivity index (χ1v) is 7.68. The quantitative estimate of drug-likeness (QED) is 0.852.